The lowest BCUT2D eigenvalue weighted by atomic mass is 10.0. The predicted octanol–water partition coefficient (Wildman–Crippen LogP) is 4.95. The topological polar surface area (TPSA) is 36.3 Å². The van der Waals surface area contributed by atoms with E-state index >= 15 is 0 Å². The van der Waals surface area contributed by atoms with E-state index in [1.165, 1.54) is 16.5 Å². The van der Waals surface area contributed by atoms with Crippen molar-refractivity contribution in [3.63, 3.8) is 0 Å². The molecule has 3 heterocycles. The van der Waals surface area contributed by atoms with Gasteiger partial charge in [0.25, 0.3) is 0 Å². The van der Waals surface area contributed by atoms with Gasteiger partial charge in [0, 0.05) is 30.3 Å². The Balaban J connectivity index is 1.56. The predicted molar refractivity (Wildman–Crippen MR) is 139 cm³/mol. The van der Waals surface area contributed by atoms with Crippen LogP contribution in [0.5, 0.6) is 0 Å². The van der Waals surface area contributed by atoms with Crippen molar-refractivity contribution in [3.05, 3.63) is 96.6 Å². The van der Waals surface area contributed by atoms with Gasteiger partial charge in [-0.3, -0.25) is 4.98 Å². The Labute approximate surface area is 200 Å². The van der Waals surface area contributed by atoms with Crippen LogP contribution >= 0.6 is 12.2 Å². The zero-order valence-corrected chi connectivity index (χ0v) is 19.9. The van der Waals surface area contributed by atoms with Crippen LogP contribution in [0.25, 0.3) is 16.5 Å². The third kappa shape index (κ3) is 4.36. The van der Waals surface area contributed by atoms with E-state index in [-0.39, 0.29) is 12.1 Å². The summed E-state index contributed by atoms with van der Waals surface area (Å²) in [5.41, 5.74) is 3.36. The molecule has 1 fully saturated rings. The molecule has 0 bridgehead atoms. The number of hydrogen-bond acceptors (Lipinski definition) is 3. The maximum Gasteiger partial charge on any atom is 0.170 e. The van der Waals surface area contributed by atoms with Gasteiger partial charge in [-0.25, -0.2) is 0 Å². The number of nitrogens with zero attached hydrogens (tertiary/aromatic N) is 4. The molecule has 0 aliphatic carbocycles. The fourth-order valence-corrected chi connectivity index (χ4v) is 5.05. The van der Waals surface area contributed by atoms with Crippen LogP contribution < -0.4 is 5.32 Å². The molecule has 0 spiro atoms. The minimum Gasteiger partial charge on any atom is -0.352 e. The second kappa shape index (κ2) is 9.33. The molecule has 0 radical (unpaired) electrons. The van der Waals surface area contributed by atoms with Gasteiger partial charge in [0.1, 0.15) is 0 Å². The third-order valence-electron chi connectivity index (χ3n) is 6.30. The summed E-state index contributed by atoms with van der Waals surface area (Å²) in [5.74, 6) is 0. The summed E-state index contributed by atoms with van der Waals surface area (Å²) >= 11 is 5.83. The van der Waals surface area contributed by atoms with Crippen LogP contribution in [0.4, 0.5) is 0 Å². The lowest BCUT2D eigenvalue weighted by Crippen LogP contribution is -2.32. The minimum atomic E-state index is -0.00726. The molecule has 2 aromatic carbocycles. The summed E-state index contributed by atoms with van der Waals surface area (Å²) in [5, 5.41) is 6.85. The molecule has 0 unspecified atom stereocenters. The van der Waals surface area contributed by atoms with Crippen molar-refractivity contribution in [2.45, 2.75) is 18.5 Å². The van der Waals surface area contributed by atoms with Crippen LogP contribution in [0, 0.1) is 0 Å². The smallest absolute Gasteiger partial charge is 0.170 e. The first-order valence-corrected chi connectivity index (χ1v) is 11.8. The second-order valence-electron chi connectivity index (χ2n) is 8.81. The first kappa shape index (κ1) is 21.6. The van der Waals surface area contributed by atoms with E-state index in [4.69, 9.17) is 12.2 Å². The van der Waals surface area contributed by atoms with Crippen LogP contribution in [0.2, 0.25) is 0 Å². The summed E-state index contributed by atoms with van der Waals surface area (Å²) in [6, 6.07) is 25.6. The molecule has 2 aromatic heterocycles. The van der Waals surface area contributed by atoms with Gasteiger partial charge in [0.05, 0.1) is 17.8 Å². The SMILES string of the molecule is CN(C)CCCN1C(=S)N[C@H](c2ccccn2)[C@@H]1c1cccn1-c1ccc2ccccc2c1. The Hall–Kier alpha value is -3.22. The van der Waals surface area contributed by atoms with Crippen molar-refractivity contribution in [2.75, 3.05) is 27.2 Å². The van der Waals surface area contributed by atoms with Crippen molar-refractivity contribution >= 4 is 28.1 Å². The summed E-state index contributed by atoms with van der Waals surface area (Å²) in [6.45, 7) is 1.91. The van der Waals surface area contributed by atoms with Crippen molar-refractivity contribution in [1.29, 1.82) is 0 Å². The normalized spacial score (nSPS) is 18.3. The number of nitrogens with one attached hydrogen (secondary N) is 1. The molecule has 33 heavy (non-hydrogen) atoms. The van der Waals surface area contributed by atoms with Gasteiger partial charge in [-0.05, 0) is 86.4 Å². The molecule has 1 aliphatic rings. The number of fused-ring (bicyclic) bond motifs is 1. The van der Waals surface area contributed by atoms with Gasteiger partial charge < -0.3 is 19.7 Å². The quantitative estimate of drug-likeness (QED) is 0.399. The molecule has 1 saturated heterocycles. The van der Waals surface area contributed by atoms with E-state index in [1.807, 2.05) is 18.3 Å². The number of pyridine rings is 1. The zero-order valence-electron chi connectivity index (χ0n) is 19.1. The van der Waals surface area contributed by atoms with Crippen molar-refractivity contribution in [2.24, 2.45) is 0 Å². The van der Waals surface area contributed by atoms with Crippen LogP contribution in [-0.4, -0.2) is 51.6 Å². The van der Waals surface area contributed by atoms with Gasteiger partial charge in [-0.15, -0.1) is 0 Å². The summed E-state index contributed by atoms with van der Waals surface area (Å²) in [4.78, 5) is 9.23. The molecule has 4 aromatic rings. The van der Waals surface area contributed by atoms with Gasteiger partial charge in [0.15, 0.2) is 5.11 Å². The average molecular weight is 456 g/mol. The monoisotopic (exact) mass is 455 g/mol. The summed E-state index contributed by atoms with van der Waals surface area (Å²) in [7, 11) is 4.22. The van der Waals surface area contributed by atoms with E-state index in [1.54, 1.807) is 0 Å². The lowest BCUT2D eigenvalue weighted by Gasteiger charge is -2.29. The van der Waals surface area contributed by atoms with Crippen LogP contribution in [0.1, 0.15) is 29.9 Å². The van der Waals surface area contributed by atoms with E-state index in [0.29, 0.717) is 0 Å². The minimum absolute atomic E-state index is 0.00726. The average Bonchev–Trinajstić information content (AvgIpc) is 3.44. The van der Waals surface area contributed by atoms with E-state index in [9.17, 15) is 0 Å². The molecule has 0 saturated carbocycles. The number of hydrogen-bond donors (Lipinski definition) is 1. The molecular formula is C27H29N5S. The molecule has 1 aliphatic heterocycles. The Morgan fingerprint density at radius 1 is 0.970 bits per heavy atom. The Bertz CT molecular complexity index is 1250. The lowest BCUT2D eigenvalue weighted by molar-refractivity contribution is 0.286. The maximum atomic E-state index is 5.83. The molecule has 0 amide bonds. The van der Waals surface area contributed by atoms with Gasteiger partial charge in [-0.2, -0.15) is 0 Å². The zero-order chi connectivity index (χ0) is 22.8. The van der Waals surface area contributed by atoms with Gasteiger partial charge >= 0.3 is 0 Å². The highest BCUT2D eigenvalue weighted by atomic mass is 32.1. The highest BCUT2D eigenvalue weighted by Crippen LogP contribution is 2.39. The van der Waals surface area contributed by atoms with Crippen molar-refractivity contribution in [3.8, 4) is 5.69 Å². The van der Waals surface area contributed by atoms with E-state index in [2.05, 4.69) is 106 Å². The molecule has 168 valence electrons. The summed E-state index contributed by atoms with van der Waals surface area (Å²) < 4.78 is 2.29. The number of benzene rings is 2. The molecule has 2 atom stereocenters. The summed E-state index contributed by atoms with van der Waals surface area (Å²) in [6.07, 6.45) is 5.04. The largest absolute Gasteiger partial charge is 0.352 e. The van der Waals surface area contributed by atoms with E-state index in [0.717, 1.165) is 36.0 Å². The highest BCUT2D eigenvalue weighted by molar-refractivity contribution is 7.80. The van der Waals surface area contributed by atoms with Crippen LogP contribution in [0.15, 0.2) is 85.2 Å². The highest BCUT2D eigenvalue weighted by Gasteiger charge is 2.40. The van der Waals surface area contributed by atoms with E-state index < -0.39 is 0 Å². The number of rotatable bonds is 7. The second-order valence-corrected chi connectivity index (χ2v) is 9.20. The van der Waals surface area contributed by atoms with Gasteiger partial charge in [-0.1, -0.05) is 36.4 Å². The standard InChI is InChI=1S/C27H29N5S/c1-30(2)16-8-18-32-26(25(29-27(32)33)23-11-5-6-15-28-23)24-12-7-17-31(24)22-14-13-20-9-3-4-10-21(20)19-22/h3-7,9-15,17,19,25-26H,8,16,18H2,1-2H3,(H,29,33)/t25-,26+/m1/s1. The Morgan fingerprint density at radius 3 is 2.58 bits per heavy atom. The fourth-order valence-electron chi connectivity index (χ4n) is 4.72. The number of aromatic nitrogens is 2. The van der Waals surface area contributed by atoms with Crippen LogP contribution in [-0.2, 0) is 0 Å². The first-order valence-electron chi connectivity index (χ1n) is 11.4. The van der Waals surface area contributed by atoms with Crippen molar-refractivity contribution < 1.29 is 0 Å². The molecule has 6 heteroatoms. The molecule has 5 nitrogen and oxygen atoms in total. The Morgan fingerprint density at radius 2 is 1.79 bits per heavy atom. The Kier molecular flexibility index (Phi) is 6.11. The van der Waals surface area contributed by atoms with Crippen molar-refractivity contribution in [1.82, 2.24) is 24.7 Å². The molecule has 1 N–H and O–H groups in total. The number of thiocarbonyl (C=S) groups is 1. The third-order valence-corrected chi connectivity index (χ3v) is 6.65. The first-order chi connectivity index (χ1) is 16.1. The van der Waals surface area contributed by atoms with Gasteiger partial charge in [0.2, 0.25) is 0 Å². The fraction of sp³-hybridized carbons (Fsp3) is 0.259. The molecular weight excluding hydrogens is 426 g/mol. The maximum absolute atomic E-state index is 5.83. The molecule has 5 rings (SSSR count). The van der Waals surface area contributed by atoms with Crippen LogP contribution in [0.3, 0.4) is 0 Å².